The molecule has 4 saturated carbocycles. The summed E-state index contributed by atoms with van der Waals surface area (Å²) < 4.78 is 0. The predicted octanol–water partition coefficient (Wildman–Crippen LogP) is 2.51. The predicted molar refractivity (Wildman–Crippen MR) is 90.0 cm³/mol. The lowest BCUT2D eigenvalue weighted by Crippen LogP contribution is -2.62. The first-order valence-corrected chi connectivity index (χ1v) is 9.28. The molecule has 4 rings (SSSR count). The Bertz CT molecular complexity index is 428. The van der Waals surface area contributed by atoms with Gasteiger partial charge in [0.25, 0.3) is 0 Å². The highest BCUT2D eigenvalue weighted by Crippen LogP contribution is 2.55. The van der Waals surface area contributed by atoms with Gasteiger partial charge in [0.05, 0.1) is 6.54 Å². The van der Waals surface area contributed by atoms with Crippen LogP contribution in [0.3, 0.4) is 0 Å². The fraction of sp³-hybridized carbons (Fsp3) is 0.889. The van der Waals surface area contributed by atoms with Crippen molar-refractivity contribution in [2.75, 3.05) is 20.1 Å². The number of amides is 3. The van der Waals surface area contributed by atoms with Crippen molar-refractivity contribution in [1.29, 1.82) is 0 Å². The molecule has 130 valence electrons. The topological polar surface area (TPSA) is 61.4 Å². The lowest BCUT2D eigenvalue weighted by molar-refractivity contribution is -0.120. The molecule has 0 radical (unpaired) electrons. The molecule has 3 amide bonds. The number of nitrogens with zero attached hydrogens (tertiary/aromatic N) is 1. The Hall–Kier alpha value is -1.10. The van der Waals surface area contributed by atoms with Gasteiger partial charge in [-0.3, -0.25) is 15.0 Å². The minimum absolute atomic E-state index is 0.0345. The molecule has 0 heterocycles. The molecule has 5 nitrogen and oxygen atoms in total. The Balaban J connectivity index is 1.47. The summed E-state index contributed by atoms with van der Waals surface area (Å²) in [6, 6.07) is -0.291. The molecule has 2 N–H and O–H groups in total. The molecule has 0 aromatic rings. The Morgan fingerprint density at radius 3 is 2.17 bits per heavy atom. The van der Waals surface area contributed by atoms with Crippen molar-refractivity contribution in [2.24, 2.45) is 17.8 Å². The van der Waals surface area contributed by atoms with Gasteiger partial charge in [0.2, 0.25) is 5.91 Å². The fourth-order valence-electron chi connectivity index (χ4n) is 5.45. The molecular formula is C18H31N3O2. The monoisotopic (exact) mass is 321 g/mol. The van der Waals surface area contributed by atoms with Gasteiger partial charge >= 0.3 is 6.03 Å². The first-order chi connectivity index (χ1) is 11.0. The molecule has 0 aromatic heterocycles. The van der Waals surface area contributed by atoms with E-state index in [2.05, 4.69) is 17.6 Å². The van der Waals surface area contributed by atoms with Gasteiger partial charge < -0.3 is 5.32 Å². The maximum atomic E-state index is 12.3. The molecule has 4 aliphatic rings. The van der Waals surface area contributed by atoms with Crippen LogP contribution in [0.4, 0.5) is 4.79 Å². The van der Waals surface area contributed by atoms with Gasteiger partial charge in [-0.2, -0.15) is 0 Å². The Morgan fingerprint density at radius 1 is 1.09 bits per heavy atom. The van der Waals surface area contributed by atoms with E-state index in [-0.39, 0.29) is 24.0 Å². The van der Waals surface area contributed by atoms with Crippen LogP contribution in [0.15, 0.2) is 0 Å². The number of likely N-dealkylation sites (N-methyl/N-ethyl adjacent to an activating group) is 1. The second-order valence-corrected chi connectivity index (χ2v) is 8.29. The fourth-order valence-corrected chi connectivity index (χ4v) is 5.45. The van der Waals surface area contributed by atoms with Crippen LogP contribution < -0.4 is 10.6 Å². The van der Waals surface area contributed by atoms with Gasteiger partial charge in [-0.05, 0) is 76.3 Å². The van der Waals surface area contributed by atoms with E-state index >= 15 is 0 Å². The van der Waals surface area contributed by atoms with Crippen LogP contribution in [0.25, 0.3) is 0 Å². The van der Waals surface area contributed by atoms with E-state index in [9.17, 15) is 9.59 Å². The first-order valence-electron chi connectivity index (χ1n) is 9.28. The van der Waals surface area contributed by atoms with Crippen molar-refractivity contribution in [3.63, 3.8) is 0 Å². The third-order valence-corrected chi connectivity index (χ3v) is 5.98. The van der Waals surface area contributed by atoms with Gasteiger partial charge in [0, 0.05) is 5.54 Å². The number of hydrogen-bond donors (Lipinski definition) is 2. The van der Waals surface area contributed by atoms with E-state index in [0.717, 1.165) is 56.4 Å². The standard InChI is InChI=1S/C18H31N3O2/c1-3-4-5-21(2)12-16(22)19-17(23)20-18-9-13-6-14(10-18)8-15(7-13)11-18/h13-15H,3-12H2,1-2H3,(H2,19,20,22,23). The molecule has 0 saturated heterocycles. The Morgan fingerprint density at radius 2 is 1.65 bits per heavy atom. The molecule has 4 aliphatic carbocycles. The number of carbonyl (C=O) groups is 2. The average molecular weight is 321 g/mol. The van der Waals surface area contributed by atoms with E-state index in [1.165, 1.54) is 19.3 Å². The molecule has 23 heavy (non-hydrogen) atoms. The maximum absolute atomic E-state index is 12.3. The maximum Gasteiger partial charge on any atom is 0.321 e. The molecule has 0 spiro atoms. The number of nitrogens with one attached hydrogen (secondary N) is 2. The van der Waals surface area contributed by atoms with Gasteiger partial charge in [-0.15, -0.1) is 0 Å². The quantitative estimate of drug-likeness (QED) is 0.790. The Kier molecular flexibility index (Phi) is 4.95. The van der Waals surface area contributed by atoms with Crippen molar-refractivity contribution >= 4 is 11.9 Å². The van der Waals surface area contributed by atoms with Gasteiger partial charge in [-0.1, -0.05) is 13.3 Å². The highest BCUT2D eigenvalue weighted by atomic mass is 16.2. The third kappa shape index (κ3) is 4.06. The molecule has 4 fully saturated rings. The summed E-state index contributed by atoms with van der Waals surface area (Å²) in [6.07, 6.45) is 9.56. The van der Waals surface area contributed by atoms with Crippen molar-refractivity contribution < 1.29 is 9.59 Å². The molecule has 0 aliphatic heterocycles. The molecule has 0 unspecified atom stereocenters. The van der Waals surface area contributed by atoms with Gasteiger partial charge in [-0.25, -0.2) is 4.79 Å². The van der Waals surface area contributed by atoms with E-state index in [0.29, 0.717) is 0 Å². The highest BCUT2D eigenvalue weighted by Gasteiger charge is 2.51. The molecule has 5 heteroatoms. The summed E-state index contributed by atoms with van der Waals surface area (Å²) in [5.41, 5.74) is -0.0345. The van der Waals surface area contributed by atoms with Crippen LogP contribution in [-0.4, -0.2) is 42.5 Å². The number of hydrogen-bond acceptors (Lipinski definition) is 3. The van der Waals surface area contributed by atoms with Crippen LogP contribution in [0.1, 0.15) is 58.3 Å². The zero-order chi connectivity index (χ0) is 16.4. The lowest BCUT2D eigenvalue weighted by Gasteiger charge is -2.56. The van der Waals surface area contributed by atoms with Crippen molar-refractivity contribution in [3.05, 3.63) is 0 Å². The summed E-state index contributed by atoms with van der Waals surface area (Å²) in [5.74, 6) is 2.16. The normalized spacial score (nSPS) is 34.7. The zero-order valence-electron chi connectivity index (χ0n) is 14.6. The number of imide groups is 1. The van der Waals surface area contributed by atoms with E-state index < -0.39 is 0 Å². The van der Waals surface area contributed by atoms with Gasteiger partial charge in [0.1, 0.15) is 0 Å². The second-order valence-electron chi connectivity index (χ2n) is 8.29. The zero-order valence-corrected chi connectivity index (χ0v) is 14.6. The molecule has 4 bridgehead atoms. The smallest absolute Gasteiger partial charge is 0.321 e. The summed E-state index contributed by atoms with van der Waals surface area (Å²) >= 11 is 0. The van der Waals surface area contributed by atoms with E-state index in [1.54, 1.807) is 0 Å². The van der Waals surface area contributed by atoms with Crippen LogP contribution in [0.5, 0.6) is 0 Å². The molecule has 0 atom stereocenters. The van der Waals surface area contributed by atoms with E-state index in [4.69, 9.17) is 0 Å². The minimum Gasteiger partial charge on any atom is -0.332 e. The van der Waals surface area contributed by atoms with Crippen LogP contribution >= 0.6 is 0 Å². The second kappa shape index (κ2) is 6.80. The van der Waals surface area contributed by atoms with Gasteiger partial charge in [0.15, 0.2) is 0 Å². The number of carbonyl (C=O) groups excluding carboxylic acids is 2. The van der Waals surface area contributed by atoms with Crippen molar-refractivity contribution in [1.82, 2.24) is 15.5 Å². The first kappa shape index (κ1) is 16.7. The SMILES string of the molecule is CCCCN(C)CC(=O)NC(=O)NC12CC3CC(CC(C3)C1)C2. The molecule has 0 aromatic carbocycles. The average Bonchev–Trinajstić information content (AvgIpc) is 2.42. The van der Waals surface area contributed by atoms with Crippen LogP contribution in [0.2, 0.25) is 0 Å². The Labute approximate surface area is 139 Å². The third-order valence-electron chi connectivity index (χ3n) is 5.98. The molecular weight excluding hydrogens is 290 g/mol. The van der Waals surface area contributed by atoms with Crippen molar-refractivity contribution in [3.8, 4) is 0 Å². The van der Waals surface area contributed by atoms with Crippen LogP contribution in [-0.2, 0) is 4.79 Å². The largest absolute Gasteiger partial charge is 0.332 e. The number of rotatable bonds is 6. The summed E-state index contributed by atoms with van der Waals surface area (Å²) in [5, 5.41) is 5.71. The van der Waals surface area contributed by atoms with Crippen LogP contribution in [0, 0.1) is 17.8 Å². The van der Waals surface area contributed by atoms with Crippen molar-refractivity contribution in [2.45, 2.75) is 63.8 Å². The number of urea groups is 1. The van der Waals surface area contributed by atoms with E-state index in [1.807, 2.05) is 11.9 Å². The number of unbranched alkanes of at least 4 members (excludes halogenated alkanes) is 1. The summed E-state index contributed by atoms with van der Waals surface area (Å²) in [4.78, 5) is 26.2. The lowest BCUT2D eigenvalue weighted by atomic mass is 9.53. The highest BCUT2D eigenvalue weighted by molar-refractivity contribution is 5.95. The summed E-state index contributed by atoms with van der Waals surface area (Å²) in [7, 11) is 1.92. The summed E-state index contributed by atoms with van der Waals surface area (Å²) in [6.45, 7) is 3.31. The minimum atomic E-state index is -0.291.